The average molecular weight is 533 g/mol. The highest BCUT2D eigenvalue weighted by molar-refractivity contribution is 5.95. The number of benzene rings is 1. The van der Waals surface area contributed by atoms with Gasteiger partial charge in [-0.15, -0.1) is 0 Å². The zero-order chi connectivity index (χ0) is 28.6. The molecule has 0 radical (unpaired) electrons. The Bertz CT molecular complexity index is 1000. The van der Waals surface area contributed by atoms with E-state index in [1.807, 2.05) is 6.92 Å². The van der Waals surface area contributed by atoms with Crippen LogP contribution in [-0.4, -0.2) is 57.5 Å². The second kappa shape index (κ2) is 13.5. The fourth-order valence-corrected chi connectivity index (χ4v) is 4.67. The first-order chi connectivity index (χ1) is 17.7. The van der Waals surface area contributed by atoms with E-state index in [2.05, 4.69) is 10.6 Å². The molecule has 5 N–H and O–H groups in total. The van der Waals surface area contributed by atoms with Gasteiger partial charge in [0.1, 0.15) is 23.4 Å². The number of para-hydroxylation sites is 1. The molecule has 212 valence electrons. The predicted molar refractivity (Wildman–Crippen MR) is 144 cm³/mol. The SMILES string of the molecule is CCC(C)N(C(=O)C(CC(N)=O)NC(=O)OC(C)(C)C)C(C(=O)NC1CCCCC1)c1cccc(C)c1O. The van der Waals surface area contributed by atoms with Crippen LogP contribution in [0.25, 0.3) is 0 Å². The lowest BCUT2D eigenvalue weighted by Crippen LogP contribution is -2.57. The minimum absolute atomic E-state index is 0.0408. The van der Waals surface area contributed by atoms with Crippen LogP contribution in [0.2, 0.25) is 0 Å². The van der Waals surface area contributed by atoms with E-state index in [4.69, 9.17) is 10.5 Å². The highest BCUT2D eigenvalue weighted by atomic mass is 16.6. The molecular formula is C28H44N4O6. The van der Waals surface area contributed by atoms with Crippen LogP contribution in [0.15, 0.2) is 18.2 Å². The van der Waals surface area contributed by atoms with Crippen LogP contribution < -0.4 is 16.4 Å². The molecule has 0 saturated heterocycles. The number of carbonyl (C=O) groups is 4. The van der Waals surface area contributed by atoms with Crippen LogP contribution in [0.3, 0.4) is 0 Å². The van der Waals surface area contributed by atoms with E-state index in [-0.39, 0.29) is 17.4 Å². The molecule has 1 aliphatic carbocycles. The lowest BCUT2D eigenvalue weighted by Gasteiger charge is -2.39. The van der Waals surface area contributed by atoms with Gasteiger partial charge in [-0.3, -0.25) is 14.4 Å². The van der Waals surface area contributed by atoms with E-state index in [1.165, 1.54) is 4.90 Å². The van der Waals surface area contributed by atoms with E-state index >= 15 is 0 Å². The molecule has 1 fully saturated rings. The van der Waals surface area contributed by atoms with Gasteiger partial charge < -0.3 is 31.1 Å². The molecular weight excluding hydrogens is 488 g/mol. The Labute approximate surface area is 225 Å². The fourth-order valence-electron chi connectivity index (χ4n) is 4.67. The number of hydrogen-bond donors (Lipinski definition) is 4. The van der Waals surface area contributed by atoms with Gasteiger partial charge in [-0.1, -0.05) is 44.4 Å². The van der Waals surface area contributed by atoms with Crippen LogP contribution in [0.1, 0.15) is 96.7 Å². The van der Waals surface area contributed by atoms with Gasteiger partial charge in [0.25, 0.3) is 0 Å². The molecule has 38 heavy (non-hydrogen) atoms. The maximum atomic E-state index is 14.1. The Morgan fingerprint density at radius 2 is 1.79 bits per heavy atom. The molecule has 4 amide bonds. The normalized spacial score (nSPS) is 16.6. The molecule has 10 nitrogen and oxygen atoms in total. The predicted octanol–water partition coefficient (Wildman–Crippen LogP) is 3.59. The molecule has 3 unspecified atom stereocenters. The number of nitrogens with two attached hydrogens (primary N) is 1. The summed E-state index contributed by atoms with van der Waals surface area (Å²) >= 11 is 0. The summed E-state index contributed by atoms with van der Waals surface area (Å²) in [5.41, 5.74) is 5.42. The zero-order valence-electron chi connectivity index (χ0n) is 23.5. The number of amides is 4. The van der Waals surface area contributed by atoms with Crippen molar-refractivity contribution in [2.45, 2.75) is 116 Å². The third kappa shape index (κ3) is 8.63. The van der Waals surface area contributed by atoms with Crippen LogP contribution in [0, 0.1) is 6.92 Å². The van der Waals surface area contributed by atoms with E-state index in [0.29, 0.717) is 12.0 Å². The summed E-state index contributed by atoms with van der Waals surface area (Å²) in [7, 11) is 0. The Kier molecular flexibility index (Phi) is 11.0. The number of alkyl carbamates (subject to hydrolysis) is 1. The van der Waals surface area contributed by atoms with E-state index in [1.54, 1.807) is 52.8 Å². The van der Waals surface area contributed by atoms with Crippen molar-refractivity contribution in [1.29, 1.82) is 0 Å². The number of ether oxygens (including phenoxy) is 1. The number of hydrogen-bond acceptors (Lipinski definition) is 6. The van der Waals surface area contributed by atoms with E-state index in [0.717, 1.165) is 32.1 Å². The van der Waals surface area contributed by atoms with Crippen molar-refractivity contribution in [2.75, 3.05) is 0 Å². The molecule has 2 rings (SSSR count). The first-order valence-corrected chi connectivity index (χ1v) is 13.4. The Balaban J connectivity index is 2.56. The summed E-state index contributed by atoms with van der Waals surface area (Å²) in [5.74, 6) is -2.00. The second-order valence-corrected chi connectivity index (χ2v) is 11.1. The van der Waals surface area contributed by atoms with Gasteiger partial charge in [0.05, 0.1) is 6.42 Å². The summed E-state index contributed by atoms with van der Waals surface area (Å²) in [6.07, 6.45) is 3.88. The summed E-state index contributed by atoms with van der Waals surface area (Å²) in [5, 5.41) is 16.5. The van der Waals surface area contributed by atoms with Crippen LogP contribution in [-0.2, 0) is 19.1 Å². The molecule has 1 saturated carbocycles. The number of aryl methyl sites for hydroxylation is 1. The number of rotatable bonds is 10. The lowest BCUT2D eigenvalue weighted by atomic mass is 9.93. The minimum atomic E-state index is -1.37. The molecule has 1 aromatic carbocycles. The number of phenols is 1. The van der Waals surface area contributed by atoms with E-state index in [9.17, 15) is 24.3 Å². The van der Waals surface area contributed by atoms with Gasteiger partial charge in [-0.2, -0.15) is 0 Å². The number of phenolic OH excluding ortho intramolecular Hbond substituents is 1. The van der Waals surface area contributed by atoms with Gasteiger partial charge in [0.15, 0.2) is 0 Å². The molecule has 10 heteroatoms. The summed E-state index contributed by atoms with van der Waals surface area (Å²) in [6, 6.07) is 1.94. The maximum absolute atomic E-state index is 14.1. The largest absolute Gasteiger partial charge is 0.507 e. The Hall–Kier alpha value is -3.30. The molecule has 1 aliphatic rings. The second-order valence-electron chi connectivity index (χ2n) is 11.1. The topological polar surface area (TPSA) is 151 Å². The summed E-state index contributed by atoms with van der Waals surface area (Å²) < 4.78 is 5.30. The van der Waals surface area contributed by atoms with E-state index < -0.39 is 54.0 Å². The smallest absolute Gasteiger partial charge is 0.408 e. The van der Waals surface area contributed by atoms with Crippen molar-refractivity contribution in [3.63, 3.8) is 0 Å². The van der Waals surface area contributed by atoms with Crippen molar-refractivity contribution in [3.8, 4) is 5.75 Å². The molecule has 0 aromatic heterocycles. The molecule has 0 spiro atoms. The molecule has 3 atom stereocenters. The molecule has 0 heterocycles. The number of primary amides is 1. The van der Waals surface area contributed by atoms with Crippen molar-refractivity contribution < 1.29 is 29.0 Å². The number of nitrogens with zero attached hydrogens (tertiary/aromatic N) is 1. The molecule has 0 aliphatic heterocycles. The number of carbonyl (C=O) groups excluding carboxylic acids is 4. The highest BCUT2D eigenvalue weighted by Crippen LogP contribution is 2.34. The van der Waals surface area contributed by atoms with Crippen LogP contribution >= 0.6 is 0 Å². The van der Waals surface area contributed by atoms with Crippen molar-refractivity contribution in [3.05, 3.63) is 29.3 Å². The Morgan fingerprint density at radius 3 is 2.34 bits per heavy atom. The van der Waals surface area contributed by atoms with Gasteiger partial charge in [-0.05, 0) is 59.4 Å². The maximum Gasteiger partial charge on any atom is 0.408 e. The molecule has 0 bridgehead atoms. The third-order valence-corrected chi connectivity index (χ3v) is 6.76. The van der Waals surface area contributed by atoms with Crippen molar-refractivity contribution in [2.24, 2.45) is 5.73 Å². The van der Waals surface area contributed by atoms with Crippen molar-refractivity contribution >= 4 is 23.8 Å². The zero-order valence-corrected chi connectivity index (χ0v) is 23.5. The van der Waals surface area contributed by atoms with Gasteiger partial charge >= 0.3 is 6.09 Å². The van der Waals surface area contributed by atoms with Crippen LogP contribution in [0.4, 0.5) is 4.79 Å². The standard InChI is InChI=1S/C28H44N4O6/c1-7-18(3)32(26(36)21(16-22(29)33)31-27(37)38-28(4,5)6)23(20-15-11-12-17(2)24(20)34)25(35)30-19-13-9-8-10-14-19/h11-12,15,18-19,21,23,34H,7-10,13-14,16H2,1-6H3,(H2,29,33)(H,30,35)(H,31,37). The lowest BCUT2D eigenvalue weighted by molar-refractivity contribution is -0.146. The van der Waals surface area contributed by atoms with Gasteiger partial charge in [0, 0.05) is 17.6 Å². The molecule has 1 aromatic rings. The quantitative estimate of drug-likeness (QED) is 0.362. The van der Waals surface area contributed by atoms with Gasteiger partial charge in [0.2, 0.25) is 17.7 Å². The highest BCUT2D eigenvalue weighted by Gasteiger charge is 2.40. The minimum Gasteiger partial charge on any atom is -0.507 e. The first-order valence-electron chi connectivity index (χ1n) is 13.4. The van der Waals surface area contributed by atoms with Gasteiger partial charge in [-0.25, -0.2) is 4.79 Å². The fraction of sp³-hybridized carbons (Fsp3) is 0.643. The van der Waals surface area contributed by atoms with Crippen molar-refractivity contribution in [1.82, 2.24) is 15.5 Å². The average Bonchev–Trinajstić information content (AvgIpc) is 2.82. The summed E-state index contributed by atoms with van der Waals surface area (Å²) in [4.78, 5) is 53.8. The number of nitrogens with one attached hydrogen (secondary N) is 2. The Morgan fingerprint density at radius 1 is 1.16 bits per heavy atom. The first kappa shape index (κ1) is 30.9. The monoisotopic (exact) mass is 532 g/mol. The third-order valence-electron chi connectivity index (χ3n) is 6.76. The van der Waals surface area contributed by atoms with Crippen LogP contribution in [0.5, 0.6) is 5.75 Å². The number of aromatic hydroxyl groups is 1. The summed E-state index contributed by atoms with van der Waals surface area (Å²) in [6.45, 7) is 10.4.